The molecule has 1 N–H and O–H groups in total. The predicted octanol–water partition coefficient (Wildman–Crippen LogP) is 2.82. The number of rotatable bonds is 6. The number of hydrogen-bond donors (Lipinski definition) is 1. The average Bonchev–Trinajstić information content (AvgIpc) is 2.58. The maximum absolute atomic E-state index is 13.1. The van der Waals surface area contributed by atoms with Crippen molar-refractivity contribution >= 4 is 12.0 Å². The van der Waals surface area contributed by atoms with Gasteiger partial charge in [0.2, 0.25) is 5.91 Å². The molecule has 0 fully saturated rings. The minimum absolute atomic E-state index is 0.0191. The summed E-state index contributed by atoms with van der Waals surface area (Å²) < 4.78 is 13.1. The SMILES string of the molecule is CN(C(=O)/C=C/c1cncc(F)c1)C(CCO)c1ccccc1. The number of carbonyl (C=O) groups is 1. The Bertz CT molecular complexity index is 674. The highest BCUT2D eigenvalue weighted by molar-refractivity contribution is 5.91. The molecule has 0 aliphatic heterocycles. The summed E-state index contributed by atoms with van der Waals surface area (Å²) in [6.45, 7) is -0.0191. The van der Waals surface area contributed by atoms with E-state index in [1.807, 2.05) is 30.3 Å². The van der Waals surface area contributed by atoms with Crippen LogP contribution < -0.4 is 0 Å². The molecule has 0 radical (unpaired) electrons. The third-order valence-corrected chi connectivity index (χ3v) is 3.55. The minimum atomic E-state index is -0.449. The van der Waals surface area contributed by atoms with E-state index in [1.54, 1.807) is 11.9 Å². The number of aromatic nitrogens is 1. The molecule has 2 aromatic rings. The predicted molar refractivity (Wildman–Crippen MR) is 86.9 cm³/mol. The quantitative estimate of drug-likeness (QED) is 0.834. The zero-order valence-corrected chi connectivity index (χ0v) is 12.9. The molecule has 0 aliphatic rings. The van der Waals surface area contributed by atoms with Crippen molar-refractivity contribution in [2.24, 2.45) is 0 Å². The topological polar surface area (TPSA) is 53.4 Å². The van der Waals surface area contributed by atoms with E-state index in [2.05, 4.69) is 4.98 Å². The van der Waals surface area contributed by atoms with E-state index in [-0.39, 0.29) is 18.6 Å². The van der Waals surface area contributed by atoms with Crippen LogP contribution in [0.4, 0.5) is 4.39 Å². The van der Waals surface area contributed by atoms with E-state index in [0.29, 0.717) is 12.0 Å². The Morgan fingerprint density at radius 3 is 2.74 bits per heavy atom. The Labute approximate surface area is 134 Å². The Morgan fingerprint density at radius 2 is 2.09 bits per heavy atom. The first-order valence-corrected chi connectivity index (χ1v) is 7.33. The lowest BCUT2D eigenvalue weighted by molar-refractivity contribution is -0.127. The molecule has 1 heterocycles. The van der Waals surface area contributed by atoms with Gasteiger partial charge in [0.15, 0.2) is 0 Å². The van der Waals surface area contributed by atoms with E-state index >= 15 is 0 Å². The molecule has 2 rings (SSSR count). The summed E-state index contributed by atoms with van der Waals surface area (Å²) in [5.41, 5.74) is 1.48. The molecule has 1 amide bonds. The van der Waals surface area contributed by atoms with Gasteiger partial charge in [0, 0.05) is 25.9 Å². The Balaban J connectivity index is 2.13. The number of hydrogen-bond acceptors (Lipinski definition) is 3. The van der Waals surface area contributed by atoms with Gasteiger partial charge in [-0.2, -0.15) is 0 Å². The van der Waals surface area contributed by atoms with Crippen LogP contribution in [0.5, 0.6) is 0 Å². The third kappa shape index (κ3) is 4.72. The van der Waals surface area contributed by atoms with Gasteiger partial charge >= 0.3 is 0 Å². The molecule has 0 aliphatic carbocycles. The summed E-state index contributed by atoms with van der Waals surface area (Å²) in [4.78, 5) is 17.6. The molecule has 5 heteroatoms. The van der Waals surface area contributed by atoms with E-state index in [0.717, 1.165) is 11.8 Å². The normalized spacial score (nSPS) is 12.3. The van der Waals surface area contributed by atoms with Crippen LogP contribution in [0, 0.1) is 5.82 Å². The van der Waals surface area contributed by atoms with Crippen molar-refractivity contribution < 1.29 is 14.3 Å². The Kier molecular flexibility index (Phi) is 6.00. The number of amides is 1. The highest BCUT2D eigenvalue weighted by atomic mass is 19.1. The molecular weight excluding hydrogens is 295 g/mol. The van der Waals surface area contributed by atoms with Crippen LogP contribution in [0.3, 0.4) is 0 Å². The maximum atomic E-state index is 13.1. The minimum Gasteiger partial charge on any atom is -0.396 e. The smallest absolute Gasteiger partial charge is 0.246 e. The van der Waals surface area contributed by atoms with Crippen LogP contribution in [-0.4, -0.2) is 34.6 Å². The summed E-state index contributed by atoms with van der Waals surface area (Å²) in [5, 5.41) is 9.26. The molecule has 0 spiro atoms. The van der Waals surface area contributed by atoms with Crippen LogP contribution in [0.1, 0.15) is 23.6 Å². The fourth-order valence-corrected chi connectivity index (χ4v) is 2.34. The van der Waals surface area contributed by atoms with Crippen molar-refractivity contribution in [1.82, 2.24) is 9.88 Å². The van der Waals surface area contributed by atoms with Crippen LogP contribution in [0.25, 0.3) is 6.08 Å². The zero-order valence-electron chi connectivity index (χ0n) is 12.9. The van der Waals surface area contributed by atoms with Gasteiger partial charge in [0.25, 0.3) is 0 Å². The molecule has 4 nitrogen and oxygen atoms in total. The van der Waals surface area contributed by atoms with Crippen molar-refractivity contribution in [3.8, 4) is 0 Å². The summed E-state index contributed by atoms with van der Waals surface area (Å²) in [5.74, 6) is -0.674. The number of aliphatic hydroxyl groups excluding tert-OH is 1. The van der Waals surface area contributed by atoms with Crippen LogP contribution >= 0.6 is 0 Å². The fraction of sp³-hybridized carbons (Fsp3) is 0.222. The second kappa shape index (κ2) is 8.19. The summed E-state index contributed by atoms with van der Waals surface area (Å²) >= 11 is 0. The number of benzene rings is 1. The number of aliphatic hydroxyl groups is 1. The van der Waals surface area contributed by atoms with Crippen molar-refractivity contribution in [3.63, 3.8) is 0 Å². The van der Waals surface area contributed by atoms with Crippen LogP contribution in [0.15, 0.2) is 54.9 Å². The van der Waals surface area contributed by atoms with E-state index < -0.39 is 5.82 Å². The molecule has 1 unspecified atom stereocenters. The van der Waals surface area contributed by atoms with Crippen molar-refractivity contribution in [1.29, 1.82) is 0 Å². The number of nitrogens with zero attached hydrogens (tertiary/aromatic N) is 2. The molecule has 1 aromatic carbocycles. The monoisotopic (exact) mass is 314 g/mol. The molecular formula is C18H19FN2O2. The van der Waals surface area contributed by atoms with Gasteiger partial charge in [-0.1, -0.05) is 30.3 Å². The first-order chi connectivity index (χ1) is 11.1. The average molecular weight is 314 g/mol. The number of halogens is 1. The van der Waals surface area contributed by atoms with Gasteiger partial charge in [0.1, 0.15) is 5.82 Å². The van der Waals surface area contributed by atoms with Gasteiger partial charge in [-0.05, 0) is 29.7 Å². The standard InChI is InChI=1S/C18H19FN2O2/c1-21(17(9-10-22)15-5-3-2-4-6-15)18(23)8-7-14-11-16(19)13-20-12-14/h2-8,11-13,17,22H,9-10H2,1H3/b8-7+. The van der Waals surface area contributed by atoms with Gasteiger partial charge in [-0.15, -0.1) is 0 Å². The van der Waals surface area contributed by atoms with E-state index in [9.17, 15) is 14.3 Å². The molecule has 120 valence electrons. The largest absolute Gasteiger partial charge is 0.396 e. The highest BCUT2D eigenvalue weighted by Crippen LogP contribution is 2.23. The Morgan fingerprint density at radius 1 is 1.35 bits per heavy atom. The van der Waals surface area contributed by atoms with E-state index in [1.165, 1.54) is 24.4 Å². The molecule has 23 heavy (non-hydrogen) atoms. The molecule has 1 aromatic heterocycles. The first-order valence-electron chi connectivity index (χ1n) is 7.33. The molecule has 0 saturated heterocycles. The Hall–Kier alpha value is -2.53. The van der Waals surface area contributed by atoms with Gasteiger partial charge in [-0.25, -0.2) is 4.39 Å². The lowest BCUT2D eigenvalue weighted by Crippen LogP contribution is -2.30. The number of likely N-dealkylation sites (N-methyl/N-ethyl adjacent to an activating group) is 1. The second-order valence-corrected chi connectivity index (χ2v) is 5.16. The number of carbonyl (C=O) groups excluding carboxylic acids is 1. The summed E-state index contributed by atoms with van der Waals surface area (Å²) in [7, 11) is 1.68. The number of pyridine rings is 1. The second-order valence-electron chi connectivity index (χ2n) is 5.16. The lowest BCUT2D eigenvalue weighted by Gasteiger charge is -2.27. The lowest BCUT2D eigenvalue weighted by atomic mass is 10.0. The maximum Gasteiger partial charge on any atom is 0.246 e. The fourth-order valence-electron chi connectivity index (χ4n) is 2.34. The summed E-state index contributed by atoms with van der Waals surface area (Å²) in [6, 6.07) is 10.6. The van der Waals surface area contributed by atoms with Crippen LogP contribution in [0.2, 0.25) is 0 Å². The van der Waals surface area contributed by atoms with Gasteiger partial charge in [-0.3, -0.25) is 9.78 Å². The third-order valence-electron chi connectivity index (χ3n) is 3.55. The molecule has 0 bridgehead atoms. The zero-order chi connectivity index (χ0) is 16.7. The van der Waals surface area contributed by atoms with Gasteiger partial charge in [0.05, 0.1) is 12.2 Å². The highest BCUT2D eigenvalue weighted by Gasteiger charge is 2.19. The molecule has 0 saturated carbocycles. The van der Waals surface area contributed by atoms with Crippen molar-refractivity contribution in [3.05, 3.63) is 71.8 Å². The summed E-state index contributed by atoms with van der Waals surface area (Å²) in [6.07, 6.45) is 5.94. The van der Waals surface area contributed by atoms with Crippen molar-refractivity contribution in [2.45, 2.75) is 12.5 Å². The van der Waals surface area contributed by atoms with E-state index in [4.69, 9.17) is 0 Å². The molecule has 1 atom stereocenters. The first kappa shape index (κ1) is 16.8. The van der Waals surface area contributed by atoms with Crippen molar-refractivity contribution in [2.75, 3.05) is 13.7 Å². The van der Waals surface area contributed by atoms with Gasteiger partial charge < -0.3 is 10.0 Å². The van der Waals surface area contributed by atoms with Crippen LogP contribution in [-0.2, 0) is 4.79 Å².